The summed E-state index contributed by atoms with van der Waals surface area (Å²) in [5, 5.41) is 2.56. The molecular formula is C14H18N2O3. The number of rotatable bonds is 6. The Balaban J connectivity index is 2.76. The van der Waals surface area contributed by atoms with E-state index in [1.54, 1.807) is 32.2 Å². The summed E-state index contributed by atoms with van der Waals surface area (Å²) in [6.07, 6.45) is 4.42. The molecule has 0 saturated heterocycles. The van der Waals surface area contributed by atoms with Crippen molar-refractivity contribution in [2.45, 2.75) is 19.6 Å². The molecule has 1 atom stereocenters. The molecule has 0 aliphatic carbocycles. The minimum Gasteiger partial charge on any atom is -0.497 e. The summed E-state index contributed by atoms with van der Waals surface area (Å²) in [6.45, 7) is 2.13. The van der Waals surface area contributed by atoms with Crippen molar-refractivity contribution in [1.82, 2.24) is 5.32 Å². The maximum atomic E-state index is 11.6. The van der Waals surface area contributed by atoms with Gasteiger partial charge < -0.3 is 20.5 Å². The fourth-order valence-corrected chi connectivity index (χ4v) is 1.48. The lowest BCUT2D eigenvalue weighted by molar-refractivity contribution is -0.127. The summed E-state index contributed by atoms with van der Waals surface area (Å²) < 4.78 is 10.7. The Morgan fingerprint density at radius 1 is 1.58 bits per heavy atom. The van der Waals surface area contributed by atoms with E-state index >= 15 is 0 Å². The minimum absolute atomic E-state index is 0.179. The van der Waals surface area contributed by atoms with Crippen LogP contribution in [0.15, 0.2) is 18.2 Å². The number of terminal acetylenes is 1. The topological polar surface area (TPSA) is 73.6 Å². The largest absolute Gasteiger partial charge is 0.497 e. The molecule has 0 aromatic heterocycles. The van der Waals surface area contributed by atoms with Crippen LogP contribution in [0.2, 0.25) is 0 Å². The van der Waals surface area contributed by atoms with E-state index in [0.29, 0.717) is 18.0 Å². The molecule has 0 spiro atoms. The molecule has 0 bridgehead atoms. The molecule has 0 fully saturated rings. The zero-order valence-electron chi connectivity index (χ0n) is 11.1. The predicted octanol–water partition coefficient (Wildman–Crippen LogP) is 0.671. The summed E-state index contributed by atoms with van der Waals surface area (Å²) in [4.78, 5) is 11.6. The van der Waals surface area contributed by atoms with Gasteiger partial charge in [0.15, 0.2) is 6.10 Å². The number of benzene rings is 1. The summed E-state index contributed by atoms with van der Waals surface area (Å²) in [7, 11) is 1.58. The van der Waals surface area contributed by atoms with Crippen LogP contribution >= 0.6 is 0 Å². The van der Waals surface area contributed by atoms with E-state index in [2.05, 4.69) is 11.2 Å². The van der Waals surface area contributed by atoms with E-state index in [4.69, 9.17) is 21.6 Å². The first-order chi connectivity index (χ1) is 9.12. The van der Waals surface area contributed by atoms with Gasteiger partial charge in [0, 0.05) is 12.1 Å². The van der Waals surface area contributed by atoms with Crippen LogP contribution in [0.1, 0.15) is 12.5 Å². The summed E-state index contributed by atoms with van der Waals surface area (Å²) in [5.74, 6) is 3.32. The Morgan fingerprint density at radius 3 is 2.89 bits per heavy atom. The number of carbonyl (C=O) groups is 1. The van der Waals surface area contributed by atoms with Gasteiger partial charge >= 0.3 is 0 Å². The number of hydrogen-bond donors (Lipinski definition) is 2. The highest BCUT2D eigenvalue weighted by Crippen LogP contribution is 2.24. The Bertz CT molecular complexity index is 480. The number of nitrogens with two attached hydrogens (primary N) is 1. The van der Waals surface area contributed by atoms with Crippen molar-refractivity contribution in [3.63, 3.8) is 0 Å². The second-order valence-electron chi connectivity index (χ2n) is 3.86. The molecule has 102 valence electrons. The lowest BCUT2D eigenvalue weighted by Gasteiger charge is -2.16. The van der Waals surface area contributed by atoms with Crippen molar-refractivity contribution >= 4 is 5.91 Å². The van der Waals surface area contributed by atoms with Crippen molar-refractivity contribution in [2.75, 3.05) is 13.7 Å². The van der Waals surface area contributed by atoms with E-state index in [9.17, 15) is 4.79 Å². The van der Waals surface area contributed by atoms with Crippen molar-refractivity contribution in [3.8, 4) is 23.8 Å². The molecule has 0 heterocycles. The number of hydrogen-bond acceptors (Lipinski definition) is 4. The van der Waals surface area contributed by atoms with Gasteiger partial charge in [0.05, 0.1) is 13.7 Å². The van der Waals surface area contributed by atoms with Crippen LogP contribution in [-0.2, 0) is 11.3 Å². The number of methoxy groups -OCH3 is 1. The molecule has 5 heteroatoms. The van der Waals surface area contributed by atoms with Crippen LogP contribution < -0.4 is 20.5 Å². The van der Waals surface area contributed by atoms with E-state index in [1.807, 2.05) is 0 Å². The van der Waals surface area contributed by atoms with Crippen molar-refractivity contribution in [2.24, 2.45) is 5.73 Å². The molecule has 0 radical (unpaired) electrons. The molecule has 1 aromatic carbocycles. The molecule has 5 nitrogen and oxygen atoms in total. The minimum atomic E-state index is -0.646. The van der Waals surface area contributed by atoms with Gasteiger partial charge in [-0.05, 0) is 25.1 Å². The second kappa shape index (κ2) is 7.29. The van der Waals surface area contributed by atoms with Crippen LogP contribution in [0.5, 0.6) is 11.5 Å². The number of amides is 1. The average Bonchev–Trinajstić information content (AvgIpc) is 2.44. The fourth-order valence-electron chi connectivity index (χ4n) is 1.48. The van der Waals surface area contributed by atoms with Crippen molar-refractivity contribution in [1.29, 1.82) is 0 Å². The Kier molecular flexibility index (Phi) is 5.71. The average molecular weight is 262 g/mol. The molecule has 1 rings (SSSR count). The first kappa shape index (κ1) is 14.9. The highest BCUT2D eigenvalue weighted by molar-refractivity contribution is 5.80. The monoisotopic (exact) mass is 262 g/mol. The van der Waals surface area contributed by atoms with Crippen LogP contribution in [-0.4, -0.2) is 25.7 Å². The van der Waals surface area contributed by atoms with Gasteiger partial charge in [-0.25, -0.2) is 0 Å². The van der Waals surface area contributed by atoms with Crippen LogP contribution in [0, 0.1) is 12.3 Å². The molecule has 0 aliphatic rings. The standard InChI is InChI=1S/C14H18N2O3/c1-4-7-16-14(17)10(2)19-13-6-5-12(18-3)8-11(13)9-15/h1,5-6,8,10H,7,9,15H2,2-3H3,(H,16,17). The molecule has 19 heavy (non-hydrogen) atoms. The Morgan fingerprint density at radius 2 is 2.32 bits per heavy atom. The normalized spacial score (nSPS) is 11.3. The third-order valence-corrected chi connectivity index (χ3v) is 2.53. The quantitative estimate of drug-likeness (QED) is 0.739. The van der Waals surface area contributed by atoms with Gasteiger partial charge in [-0.2, -0.15) is 0 Å². The first-order valence-electron chi connectivity index (χ1n) is 5.87. The maximum Gasteiger partial charge on any atom is 0.261 e. The zero-order chi connectivity index (χ0) is 14.3. The number of nitrogens with one attached hydrogen (secondary N) is 1. The maximum absolute atomic E-state index is 11.6. The highest BCUT2D eigenvalue weighted by atomic mass is 16.5. The van der Waals surface area contributed by atoms with Crippen molar-refractivity contribution in [3.05, 3.63) is 23.8 Å². The molecule has 1 amide bonds. The SMILES string of the molecule is C#CCNC(=O)C(C)Oc1ccc(OC)cc1CN. The van der Waals surface area contributed by atoms with Crippen molar-refractivity contribution < 1.29 is 14.3 Å². The molecule has 3 N–H and O–H groups in total. The smallest absolute Gasteiger partial charge is 0.261 e. The molecule has 1 aromatic rings. The first-order valence-corrected chi connectivity index (χ1v) is 5.87. The third-order valence-electron chi connectivity index (χ3n) is 2.53. The predicted molar refractivity (Wildman–Crippen MR) is 72.8 cm³/mol. The van der Waals surface area contributed by atoms with Gasteiger partial charge in [-0.15, -0.1) is 6.42 Å². The molecule has 0 saturated carbocycles. The lowest BCUT2D eigenvalue weighted by Crippen LogP contribution is -2.36. The molecular weight excluding hydrogens is 244 g/mol. The Labute approximate surface area is 113 Å². The third kappa shape index (κ3) is 4.19. The van der Waals surface area contributed by atoms with Gasteiger partial charge in [-0.3, -0.25) is 4.79 Å². The van der Waals surface area contributed by atoms with Crippen LogP contribution in [0.25, 0.3) is 0 Å². The van der Waals surface area contributed by atoms with Crippen LogP contribution in [0.4, 0.5) is 0 Å². The van der Waals surface area contributed by atoms with Crippen LogP contribution in [0.3, 0.4) is 0 Å². The molecule has 0 aliphatic heterocycles. The van der Waals surface area contributed by atoms with Gasteiger partial charge in [0.2, 0.25) is 0 Å². The fraction of sp³-hybridized carbons (Fsp3) is 0.357. The van der Waals surface area contributed by atoms with Gasteiger partial charge in [-0.1, -0.05) is 5.92 Å². The van der Waals surface area contributed by atoms with Gasteiger partial charge in [0.25, 0.3) is 5.91 Å². The number of carbonyl (C=O) groups excluding carboxylic acids is 1. The summed E-state index contributed by atoms with van der Waals surface area (Å²) in [5.41, 5.74) is 6.42. The molecule has 1 unspecified atom stereocenters. The Hall–Kier alpha value is -2.19. The van der Waals surface area contributed by atoms with E-state index in [-0.39, 0.29) is 12.5 Å². The zero-order valence-corrected chi connectivity index (χ0v) is 11.1. The van der Waals surface area contributed by atoms with E-state index < -0.39 is 6.10 Å². The van der Waals surface area contributed by atoms with Gasteiger partial charge in [0.1, 0.15) is 11.5 Å². The van der Waals surface area contributed by atoms with E-state index in [1.165, 1.54) is 0 Å². The summed E-state index contributed by atoms with van der Waals surface area (Å²) in [6, 6.07) is 5.26. The number of ether oxygens (including phenoxy) is 2. The lowest BCUT2D eigenvalue weighted by atomic mass is 10.2. The summed E-state index contributed by atoms with van der Waals surface area (Å²) >= 11 is 0. The second-order valence-corrected chi connectivity index (χ2v) is 3.86. The van der Waals surface area contributed by atoms with E-state index in [0.717, 1.165) is 5.56 Å². The highest BCUT2D eigenvalue weighted by Gasteiger charge is 2.15.